The predicted molar refractivity (Wildman–Crippen MR) is 302 cm³/mol. The minimum Gasteiger partial charge on any atom is -0.494 e. The van der Waals surface area contributed by atoms with E-state index in [2.05, 4.69) is 112 Å². The molecule has 12 rings (SSSR count). The van der Waals surface area contributed by atoms with E-state index in [-0.39, 0.29) is 86.3 Å². The Kier molecular flexibility index (Phi) is 13.7. The van der Waals surface area contributed by atoms with Crippen molar-refractivity contribution < 1.29 is 67.5 Å². The number of carboxylic acid groups (broad SMARTS) is 2. The van der Waals surface area contributed by atoms with Gasteiger partial charge in [-0.1, -0.05) is 0 Å². The molecule has 0 atom stereocenters. The van der Waals surface area contributed by atoms with E-state index in [1.54, 1.807) is 26.6 Å². The molecule has 0 saturated carbocycles. The zero-order chi connectivity index (χ0) is 69.4. The number of aromatic amines is 4. The van der Waals surface area contributed by atoms with Crippen LogP contribution >= 0.6 is 31.9 Å². The quantitative estimate of drug-likeness (QED) is 0.0451. The van der Waals surface area contributed by atoms with Crippen LogP contribution in [0, 0.1) is 13.7 Å². The lowest BCUT2D eigenvalue weighted by atomic mass is 10.1. The van der Waals surface area contributed by atoms with Gasteiger partial charge in [0.1, 0.15) is 69.5 Å². The lowest BCUT2D eigenvalue weighted by Crippen LogP contribution is -2.12. The third-order valence-electron chi connectivity index (χ3n) is 10.5. The SMILES string of the molecule is COc1cnc(Br)c2[nH]ccc12.COc1cnc(Br)c2[nH]ccc12.[2H]C([2H])([2H])C1=NCC=N1.[2H]C([2H])([2H])c1ncn(-c2ncc(OC)c3c(C(=O)C(=O)O)c[nH]c23)n1.[2H]C1=NC(C([2H])([2H])[2H])=NC1.[2H]c1nc(C([2H])([2H])[2H])nn1-c1ncc(OC)c2c(C(=O)C(=O)O)c[nH]c12. The number of aryl methyl sites for hydroxylation is 2. The molecule has 0 aromatic carbocycles. The van der Waals surface area contributed by atoms with E-state index < -0.39 is 63.0 Å². The normalized spacial score (nSPS) is 15.2. The Morgan fingerprint density at radius 1 is 0.588 bits per heavy atom. The second-order valence-electron chi connectivity index (χ2n) is 15.1. The Bertz CT molecular complexity index is 4520. The summed E-state index contributed by atoms with van der Waals surface area (Å²) in [7, 11) is 5.94. The van der Waals surface area contributed by atoms with Gasteiger partial charge in [-0.3, -0.25) is 19.6 Å². The number of hydrogen-bond donors (Lipinski definition) is 6. The van der Waals surface area contributed by atoms with Crippen molar-refractivity contribution in [3.05, 3.63) is 106 Å². The molecule has 28 nitrogen and oxygen atoms in total. The molecular weight excluding hydrogens is 1170 g/mol. The number of ether oxygens (including phenoxy) is 4. The Morgan fingerprint density at radius 2 is 1.06 bits per heavy atom. The summed E-state index contributed by atoms with van der Waals surface area (Å²) in [6.45, 7) is -8.96. The van der Waals surface area contributed by atoms with Crippen molar-refractivity contribution in [2.45, 2.75) is 27.4 Å². The summed E-state index contributed by atoms with van der Waals surface area (Å²) in [6.07, 6.45) is 14.2. The van der Waals surface area contributed by atoms with Crippen molar-refractivity contribution in [2.75, 3.05) is 41.5 Å². The molecule has 2 aliphatic rings. The highest BCUT2D eigenvalue weighted by atomic mass is 79.9. The smallest absolute Gasteiger partial charge is 0.377 e. The first kappa shape index (κ1) is 41.3. The number of aromatic nitrogens is 14. The standard InChI is InChI=1S/2C13H11N5O4.2C8H7BrN2O.2C4H6N2/c2*1-6-16-5-18(17-6)12-10-9(8(22-2)4-15-12)7(3-14-10)11(19)13(20)21;2*1-12-6-4-11-8(9)7-5(6)2-3-10-7;2*1-4-5-2-3-6-4/h2*3-5,14H,1-2H3,(H,20,21);2*2-4,10H,1H3;2*2H,3H2,1H3/i1D3,5D;1D3;;;1D3,2D;1D3. The highest BCUT2D eigenvalue weighted by molar-refractivity contribution is 9.10. The molecule has 0 spiro atoms. The number of aliphatic carboxylic acids is 2. The number of methoxy groups -OCH3 is 4. The van der Waals surface area contributed by atoms with Crippen LogP contribution < -0.4 is 18.9 Å². The Morgan fingerprint density at radius 3 is 1.46 bits per heavy atom. The molecule has 80 heavy (non-hydrogen) atoms. The fourth-order valence-electron chi connectivity index (χ4n) is 7.00. The second-order valence-corrected chi connectivity index (χ2v) is 16.6. The van der Waals surface area contributed by atoms with Crippen LogP contribution in [0.5, 0.6) is 23.0 Å². The van der Waals surface area contributed by atoms with Crippen LogP contribution in [-0.2, 0) is 9.59 Å². The molecule has 412 valence electrons. The lowest BCUT2D eigenvalue weighted by molar-refractivity contribution is -0.132. The van der Waals surface area contributed by atoms with E-state index in [1.165, 1.54) is 45.2 Å². The van der Waals surface area contributed by atoms with Crippen LogP contribution in [0.2, 0.25) is 0 Å². The molecule has 10 aromatic rings. The number of amidine groups is 2. The molecule has 0 unspecified atom stereocenters. The zero-order valence-corrected chi connectivity index (χ0v) is 44.7. The van der Waals surface area contributed by atoms with Gasteiger partial charge in [0.2, 0.25) is 0 Å². The molecule has 2 aliphatic heterocycles. The maximum absolute atomic E-state index is 11.9. The predicted octanol–water partition coefficient (Wildman–Crippen LogP) is 7.10. The van der Waals surface area contributed by atoms with E-state index in [0.717, 1.165) is 58.2 Å². The number of pyridine rings is 4. The van der Waals surface area contributed by atoms with E-state index in [9.17, 15) is 19.2 Å². The van der Waals surface area contributed by atoms with Crippen molar-refractivity contribution in [1.29, 1.82) is 0 Å². The fourth-order valence-corrected chi connectivity index (χ4v) is 7.86. The van der Waals surface area contributed by atoms with Gasteiger partial charge in [-0.15, -0.1) is 0 Å². The van der Waals surface area contributed by atoms with Gasteiger partial charge in [0, 0.05) is 64.4 Å². The highest BCUT2D eigenvalue weighted by Crippen LogP contribution is 2.34. The number of halogens is 2. The van der Waals surface area contributed by atoms with Crippen LogP contribution in [0.3, 0.4) is 0 Å². The summed E-state index contributed by atoms with van der Waals surface area (Å²) < 4.78 is 124. The molecule has 0 aliphatic carbocycles. The number of carboxylic acids is 2. The van der Waals surface area contributed by atoms with Crippen LogP contribution in [0.1, 0.15) is 65.3 Å². The number of hydrogen-bond acceptors (Lipinski definition) is 20. The lowest BCUT2D eigenvalue weighted by Gasteiger charge is -2.06. The van der Waals surface area contributed by atoms with Gasteiger partial charge in [-0.2, -0.15) is 10.2 Å². The van der Waals surface area contributed by atoms with Gasteiger partial charge in [0.25, 0.3) is 11.6 Å². The third kappa shape index (κ3) is 13.3. The maximum atomic E-state index is 11.9. The van der Waals surface area contributed by atoms with Crippen molar-refractivity contribution in [2.24, 2.45) is 20.0 Å². The topological polar surface area (TPSA) is 371 Å². The molecule has 0 saturated heterocycles. The average molecular weight is 1230 g/mol. The van der Waals surface area contributed by atoms with Crippen molar-refractivity contribution in [1.82, 2.24) is 69.4 Å². The Balaban J connectivity index is 0.000000168. The van der Waals surface area contributed by atoms with E-state index in [4.69, 9.17) is 48.4 Å². The van der Waals surface area contributed by atoms with Gasteiger partial charge in [0.05, 0.1) is 112 Å². The molecule has 6 N–H and O–H groups in total. The van der Waals surface area contributed by atoms with Crippen LogP contribution in [-0.4, -0.2) is 169 Å². The van der Waals surface area contributed by atoms with E-state index >= 15 is 0 Å². The van der Waals surface area contributed by atoms with Gasteiger partial charge in [0.15, 0.2) is 11.6 Å². The molecule has 10 aromatic heterocycles. The van der Waals surface area contributed by atoms with E-state index in [0.29, 0.717) is 6.54 Å². The summed E-state index contributed by atoms with van der Waals surface area (Å²) in [4.78, 5) is 95.3. The number of H-pyrrole nitrogens is 4. The molecule has 12 heterocycles. The molecule has 0 radical (unpaired) electrons. The fraction of sp³-hybridized carbons (Fsp3) is 0.200. The van der Waals surface area contributed by atoms with Gasteiger partial charge in [-0.05, 0) is 71.4 Å². The largest absolute Gasteiger partial charge is 0.494 e. The number of rotatable bonds is 10. The third-order valence-corrected chi connectivity index (χ3v) is 11.7. The number of carbonyl (C=O) groups is 4. The highest BCUT2D eigenvalue weighted by Gasteiger charge is 2.26. The first-order valence-corrected chi connectivity index (χ1v) is 23.7. The molecule has 0 amide bonds. The van der Waals surface area contributed by atoms with E-state index in [1.807, 2.05) is 24.5 Å². The first-order chi connectivity index (χ1) is 44.1. The van der Waals surface area contributed by atoms with Gasteiger partial charge >= 0.3 is 11.9 Å². The molecule has 30 heteroatoms. The summed E-state index contributed by atoms with van der Waals surface area (Å²) >= 11 is 6.68. The molecule has 0 fully saturated rings. The minimum absolute atomic E-state index is 0.0196. The molecule has 0 bridgehead atoms. The summed E-state index contributed by atoms with van der Waals surface area (Å²) in [5, 5.41) is 28.0. The number of nitrogens with zero attached hydrogens (tertiary/aromatic N) is 14. The van der Waals surface area contributed by atoms with Crippen LogP contribution in [0.25, 0.3) is 55.2 Å². The van der Waals surface area contributed by atoms with Crippen molar-refractivity contribution in [3.63, 3.8) is 0 Å². The summed E-state index contributed by atoms with van der Waals surface area (Å²) in [6, 6.07) is 3.92. The van der Waals surface area contributed by atoms with Crippen molar-refractivity contribution >= 4 is 123 Å². The Labute approximate surface area is 488 Å². The number of carbonyl (C=O) groups excluding carboxylic acids is 2. The van der Waals surface area contributed by atoms with Crippen molar-refractivity contribution in [3.8, 4) is 34.6 Å². The second kappa shape index (κ2) is 26.5. The number of aliphatic imine (C=N–C) groups is 4. The minimum atomic E-state index is -2.62. The Hall–Kier alpha value is -9.84. The monoisotopic (exact) mass is 1230 g/mol. The molecular formula is C50H48Br2N18O10. The number of fused-ring (bicyclic) bond motifs is 4. The summed E-state index contributed by atoms with van der Waals surface area (Å²) in [5.41, 5.74) is 2.05. The first-order valence-electron chi connectivity index (χ1n) is 29.1. The summed E-state index contributed by atoms with van der Waals surface area (Å²) in [5.74, 6) is -4.70. The van der Waals surface area contributed by atoms with Gasteiger partial charge < -0.3 is 49.1 Å². The zero-order valence-electron chi connectivity index (χ0n) is 55.5. The average Bonchev–Trinajstić information content (AvgIpc) is 1.60. The number of ketones is 2. The number of nitrogens with one attached hydrogen (secondary N) is 4. The number of Topliss-reactive ketones (excluding diaryl/α,β-unsaturated/α-hetero) is 2. The van der Waals surface area contributed by atoms with Crippen LogP contribution in [0.15, 0.2) is 104 Å². The van der Waals surface area contributed by atoms with Gasteiger partial charge in [-0.25, -0.2) is 58.8 Å². The maximum Gasteiger partial charge on any atom is 0.377 e. The van der Waals surface area contributed by atoms with Crippen LogP contribution in [0.4, 0.5) is 0 Å².